The van der Waals surface area contributed by atoms with Crippen molar-refractivity contribution in [1.82, 2.24) is 4.31 Å². The van der Waals surface area contributed by atoms with Crippen molar-refractivity contribution in [3.8, 4) is 0 Å². The Bertz CT molecular complexity index is 1100. The van der Waals surface area contributed by atoms with Gasteiger partial charge in [-0.3, -0.25) is 4.79 Å². The van der Waals surface area contributed by atoms with E-state index in [0.717, 1.165) is 36.8 Å². The molecule has 1 heterocycles. The summed E-state index contributed by atoms with van der Waals surface area (Å²) in [5.41, 5.74) is 3.01. The molecule has 0 aliphatic carbocycles. The minimum absolute atomic E-state index is 0.248. The van der Waals surface area contributed by atoms with E-state index in [1.54, 1.807) is 34.6 Å². The number of ketones is 1. The van der Waals surface area contributed by atoms with E-state index in [1.807, 2.05) is 26.0 Å². The summed E-state index contributed by atoms with van der Waals surface area (Å²) in [5.74, 6) is -0.888. The summed E-state index contributed by atoms with van der Waals surface area (Å²) in [6.07, 6.45) is 6.65. The molecule has 0 unspecified atom stereocenters. The highest BCUT2D eigenvalue weighted by Gasteiger charge is 2.24. The largest absolute Gasteiger partial charge is 0.454 e. The first-order valence-corrected chi connectivity index (χ1v) is 12.3. The molecule has 0 aromatic heterocycles. The van der Waals surface area contributed by atoms with Crippen LogP contribution >= 0.6 is 0 Å². The minimum atomic E-state index is -3.50. The summed E-state index contributed by atoms with van der Waals surface area (Å²) in [6.45, 7) is 4.51. The molecule has 2 aromatic rings. The zero-order valence-corrected chi connectivity index (χ0v) is 19.4. The first kappa shape index (κ1) is 23.9. The van der Waals surface area contributed by atoms with Crippen LogP contribution in [0.3, 0.4) is 0 Å². The third-order valence-electron chi connectivity index (χ3n) is 5.53. The number of carbonyl (C=O) groups excluding carboxylic acids is 2. The van der Waals surface area contributed by atoms with Gasteiger partial charge in [-0.2, -0.15) is 4.31 Å². The maximum atomic E-state index is 12.8. The van der Waals surface area contributed by atoms with Crippen LogP contribution in [0.5, 0.6) is 0 Å². The SMILES string of the molecule is Cc1ccc(C)c(C(=O)COC(=O)C=Cc2ccc(S(=O)(=O)N3CCCCCC3)cc2)c1. The smallest absolute Gasteiger partial charge is 0.331 e. The number of hydrogen-bond acceptors (Lipinski definition) is 5. The zero-order chi connectivity index (χ0) is 23.1. The predicted octanol–water partition coefficient (Wildman–Crippen LogP) is 4.31. The third kappa shape index (κ3) is 6.14. The molecule has 0 radical (unpaired) electrons. The highest BCUT2D eigenvalue weighted by atomic mass is 32.2. The number of carbonyl (C=O) groups is 2. The Morgan fingerprint density at radius 2 is 1.62 bits per heavy atom. The van der Waals surface area contributed by atoms with Crippen LogP contribution in [-0.4, -0.2) is 44.2 Å². The Morgan fingerprint density at radius 1 is 0.969 bits per heavy atom. The van der Waals surface area contributed by atoms with Crippen molar-refractivity contribution in [1.29, 1.82) is 0 Å². The highest BCUT2D eigenvalue weighted by Crippen LogP contribution is 2.21. The van der Waals surface area contributed by atoms with Crippen molar-refractivity contribution >= 4 is 27.9 Å². The normalized spacial score (nSPS) is 15.4. The molecule has 0 atom stereocenters. The van der Waals surface area contributed by atoms with Gasteiger partial charge in [-0.1, -0.05) is 42.7 Å². The van der Waals surface area contributed by atoms with Crippen molar-refractivity contribution in [2.24, 2.45) is 0 Å². The van der Waals surface area contributed by atoms with E-state index < -0.39 is 16.0 Å². The maximum absolute atomic E-state index is 12.8. The lowest BCUT2D eigenvalue weighted by Crippen LogP contribution is -2.31. The minimum Gasteiger partial charge on any atom is -0.454 e. The summed E-state index contributed by atoms with van der Waals surface area (Å²) in [6, 6.07) is 12.0. The molecule has 1 fully saturated rings. The van der Waals surface area contributed by atoms with E-state index in [2.05, 4.69) is 0 Å². The topological polar surface area (TPSA) is 80.8 Å². The van der Waals surface area contributed by atoms with Gasteiger partial charge in [-0.25, -0.2) is 13.2 Å². The lowest BCUT2D eigenvalue weighted by molar-refractivity contribution is -0.136. The number of Topliss-reactive ketones (excluding diaryl/α,β-unsaturated/α-hetero) is 1. The second-order valence-electron chi connectivity index (χ2n) is 8.07. The van der Waals surface area contributed by atoms with Crippen LogP contribution in [0.2, 0.25) is 0 Å². The van der Waals surface area contributed by atoms with Crippen LogP contribution in [0.4, 0.5) is 0 Å². The van der Waals surface area contributed by atoms with Gasteiger partial charge in [0.25, 0.3) is 0 Å². The Labute approximate surface area is 189 Å². The summed E-state index contributed by atoms with van der Waals surface area (Å²) < 4.78 is 32.3. The molecule has 7 heteroatoms. The monoisotopic (exact) mass is 455 g/mol. The molecule has 0 bridgehead atoms. The third-order valence-corrected chi connectivity index (χ3v) is 7.45. The van der Waals surface area contributed by atoms with Gasteiger partial charge >= 0.3 is 5.97 Å². The van der Waals surface area contributed by atoms with E-state index >= 15 is 0 Å². The van der Waals surface area contributed by atoms with Gasteiger partial charge in [-0.15, -0.1) is 0 Å². The van der Waals surface area contributed by atoms with Gasteiger partial charge in [0, 0.05) is 24.7 Å². The fraction of sp³-hybridized carbons (Fsp3) is 0.360. The number of ether oxygens (including phenoxy) is 1. The predicted molar refractivity (Wildman–Crippen MR) is 124 cm³/mol. The van der Waals surface area contributed by atoms with E-state index in [0.29, 0.717) is 24.2 Å². The fourth-order valence-electron chi connectivity index (χ4n) is 3.65. The lowest BCUT2D eigenvalue weighted by atomic mass is 10.0. The molecule has 0 saturated carbocycles. The van der Waals surface area contributed by atoms with Crippen molar-refractivity contribution in [2.75, 3.05) is 19.7 Å². The van der Waals surface area contributed by atoms with E-state index in [-0.39, 0.29) is 17.3 Å². The Hall–Kier alpha value is -2.77. The zero-order valence-electron chi connectivity index (χ0n) is 18.5. The number of esters is 1. The average molecular weight is 456 g/mol. The molecule has 170 valence electrons. The van der Waals surface area contributed by atoms with Crippen LogP contribution in [0, 0.1) is 13.8 Å². The number of nitrogens with zero attached hydrogens (tertiary/aromatic N) is 1. The van der Waals surface area contributed by atoms with Gasteiger partial charge in [0.15, 0.2) is 6.61 Å². The van der Waals surface area contributed by atoms with Gasteiger partial charge in [0.2, 0.25) is 15.8 Å². The van der Waals surface area contributed by atoms with E-state index in [9.17, 15) is 18.0 Å². The van der Waals surface area contributed by atoms with Gasteiger partial charge in [0.05, 0.1) is 4.90 Å². The van der Waals surface area contributed by atoms with Gasteiger partial charge < -0.3 is 4.74 Å². The molecule has 1 aliphatic heterocycles. The summed E-state index contributed by atoms with van der Waals surface area (Å²) in [5, 5.41) is 0. The molecular formula is C25H29NO5S. The Kier molecular flexibility index (Phi) is 7.99. The molecule has 0 N–H and O–H groups in total. The summed E-state index contributed by atoms with van der Waals surface area (Å²) in [4.78, 5) is 24.6. The second-order valence-corrected chi connectivity index (χ2v) is 10.0. The average Bonchev–Trinajstić information content (AvgIpc) is 3.08. The number of aryl methyl sites for hydroxylation is 2. The van der Waals surface area contributed by atoms with Crippen molar-refractivity contribution in [2.45, 2.75) is 44.4 Å². The number of sulfonamides is 1. The van der Waals surface area contributed by atoms with Gasteiger partial charge in [-0.05, 0) is 62.1 Å². The highest BCUT2D eigenvalue weighted by molar-refractivity contribution is 7.89. The molecule has 2 aromatic carbocycles. The number of hydrogen-bond donors (Lipinski definition) is 0. The molecular weight excluding hydrogens is 426 g/mol. The molecule has 3 rings (SSSR count). The van der Waals surface area contributed by atoms with Crippen molar-refractivity contribution in [3.63, 3.8) is 0 Å². The fourth-order valence-corrected chi connectivity index (χ4v) is 5.16. The number of benzene rings is 2. The Balaban J connectivity index is 1.57. The van der Waals surface area contributed by atoms with Crippen LogP contribution in [-0.2, 0) is 19.6 Å². The van der Waals surface area contributed by atoms with Crippen molar-refractivity contribution in [3.05, 3.63) is 70.8 Å². The lowest BCUT2D eigenvalue weighted by Gasteiger charge is -2.19. The van der Waals surface area contributed by atoms with Gasteiger partial charge in [0.1, 0.15) is 0 Å². The van der Waals surface area contributed by atoms with Crippen LogP contribution in [0.25, 0.3) is 6.08 Å². The van der Waals surface area contributed by atoms with Crippen LogP contribution < -0.4 is 0 Å². The maximum Gasteiger partial charge on any atom is 0.331 e. The first-order chi connectivity index (χ1) is 15.3. The molecule has 0 spiro atoms. The quantitative estimate of drug-likeness (QED) is 0.353. The standard InChI is InChI=1S/C25H29NO5S/c1-19-7-8-20(2)23(17-19)24(27)18-31-25(28)14-11-21-9-12-22(13-10-21)32(29,30)26-15-5-3-4-6-16-26/h7-14,17H,3-6,15-16,18H2,1-2H3. The molecule has 1 aliphatic rings. The molecule has 0 amide bonds. The Morgan fingerprint density at radius 3 is 2.28 bits per heavy atom. The second kappa shape index (κ2) is 10.7. The van der Waals surface area contributed by atoms with Crippen LogP contribution in [0.15, 0.2) is 53.4 Å². The molecule has 6 nitrogen and oxygen atoms in total. The van der Waals surface area contributed by atoms with E-state index in [1.165, 1.54) is 12.2 Å². The molecule has 1 saturated heterocycles. The molecule has 32 heavy (non-hydrogen) atoms. The van der Waals surface area contributed by atoms with E-state index in [4.69, 9.17) is 4.74 Å². The number of rotatable bonds is 7. The van der Waals surface area contributed by atoms with Crippen molar-refractivity contribution < 1.29 is 22.7 Å². The first-order valence-electron chi connectivity index (χ1n) is 10.8. The summed E-state index contributed by atoms with van der Waals surface area (Å²) >= 11 is 0. The van der Waals surface area contributed by atoms with Crippen LogP contribution in [0.1, 0.15) is 52.7 Å². The summed E-state index contributed by atoms with van der Waals surface area (Å²) in [7, 11) is -3.50.